The SMILES string of the molecule is CCc1ccc(C(=O)Cn2nnc(-c3ccc(CC)cc3)n2)cc1. The molecule has 0 unspecified atom stereocenters. The number of carbonyl (C=O) groups is 1. The molecule has 0 amide bonds. The summed E-state index contributed by atoms with van der Waals surface area (Å²) < 4.78 is 0. The zero-order valence-corrected chi connectivity index (χ0v) is 13.9. The van der Waals surface area contributed by atoms with Crippen LogP contribution in [0, 0.1) is 0 Å². The number of nitrogens with zero attached hydrogens (tertiary/aromatic N) is 4. The van der Waals surface area contributed by atoms with Crippen LogP contribution >= 0.6 is 0 Å². The lowest BCUT2D eigenvalue weighted by molar-refractivity contribution is 0.0961. The highest BCUT2D eigenvalue weighted by molar-refractivity contribution is 5.95. The third kappa shape index (κ3) is 3.56. The van der Waals surface area contributed by atoms with Crippen molar-refractivity contribution in [3.8, 4) is 11.4 Å². The Bertz CT molecular complexity index is 819. The maximum atomic E-state index is 12.3. The molecule has 5 nitrogen and oxygen atoms in total. The maximum Gasteiger partial charge on any atom is 0.204 e. The fourth-order valence-corrected chi connectivity index (χ4v) is 2.46. The van der Waals surface area contributed by atoms with E-state index in [1.54, 1.807) is 0 Å². The van der Waals surface area contributed by atoms with Crippen molar-refractivity contribution in [1.29, 1.82) is 0 Å². The van der Waals surface area contributed by atoms with Crippen LogP contribution in [0.25, 0.3) is 11.4 Å². The summed E-state index contributed by atoms with van der Waals surface area (Å²) in [6, 6.07) is 15.7. The molecule has 0 saturated carbocycles. The van der Waals surface area contributed by atoms with Gasteiger partial charge >= 0.3 is 0 Å². The molecular formula is C19H20N4O. The Morgan fingerprint density at radius 3 is 2.08 bits per heavy atom. The van der Waals surface area contributed by atoms with Crippen LogP contribution in [0.1, 0.15) is 35.3 Å². The topological polar surface area (TPSA) is 60.7 Å². The molecule has 1 heterocycles. The van der Waals surface area contributed by atoms with Crippen molar-refractivity contribution in [1.82, 2.24) is 20.2 Å². The summed E-state index contributed by atoms with van der Waals surface area (Å²) in [4.78, 5) is 13.7. The van der Waals surface area contributed by atoms with Crippen molar-refractivity contribution in [3.63, 3.8) is 0 Å². The Hall–Kier alpha value is -2.82. The van der Waals surface area contributed by atoms with E-state index >= 15 is 0 Å². The Morgan fingerprint density at radius 1 is 0.917 bits per heavy atom. The van der Waals surface area contributed by atoms with Gasteiger partial charge in [0.25, 0.3) is 0 Å². The van der Waals surface area contributed by atoms with E-state index < -0.39 is 0 Å². The highest BCUT2D eigenvalue weighted by atomic mass is 16.1. The molecule has 122 valence electrons. The third-order valence-electron chi connectivity index (χ3n) is 4.04. The lowest BCUT2D eigenvalue weighted by Gasteiger charge is -2.01. The first kappa shape index (κ1) is 16.1. The van der Waals surface area contributed by atoms with Crippen LogP contribution in [-0.4, -0.2) is 26.0 Å². The molecular weight excluding hydrogens is 300 g/mol. The minimum absolute atomic E-state index is 0.0251. The Morgan fingerprint density at radius 2 is 1.50 bits per heavy atom. The van der Waals surface area contributed by atoms with Gasteiger partial charge in [0, 0.05) is 11.1 Å². The summed E-state index contributed by atoms with van der Waals surface area (Å²) in [7, 11) is 0. The van der Waals surface area contributed by atoms with Crippen LogP contribution in [0.5, 0.6) is 0 Å². The minimum Gasteiger partial charge on any atom is -0.292 e. The quantitative estimate of drug-likeness (QED) is 0.654. The minimum atomic E-state index is -0.0251. The largest absolute Gasteiger partial charge is 0.292 e. The summed E-state index contributed by atoms with van der Waals surface area (Å²) >= 11 is 0. The molecule has 3 aromatic rings. The van der Waals surface area contributed by atoms with Gasteiger partial charge in [0.05, 0.1) is 0 Å². The van der Waals surface area contributed by atoms with E-state index in [9.17, 15) is 4.79 Å². The van der Waals surface area contributed by atoms with Gasteiger partial charge in [-0.25, -0.2) is 0 Å². The average Bonchev–Trinajstić information content (AvgIpc) is 3.10. The normalized spacial score (nSPS) is 10.8. The highest BCUT2D eigenvalue weighted by Crippen LogP contribution is 2.15. The number of hydrogen-bond donors (Lipinski definition) is 0. The van der Waals surface area contributed by atoms with Crippen LogP contribution < -0.4 is 0 Å². The molecule has 0 N–H and O–H groups in total. The summed E-state index contributed by atoms with van der Waals surface area (Å²) in [5.41, 5.74) is 4.04. The predicted octanol–water partition coefficient (Wildman–Crippen LogP) is 3.35. The van der Waals surface area contributed by atoms with Crippen molar-refractivity contribution in [2.45, 2.75) is 33.2 Å². The van der Waals surface area contributed by atoms with Crippen LogP contribution in [0.4, 0.5) is 0 Å². The highest BCUT2D eigenvalue weighted by Gasteiger charge is 2.11. The van der Waals surface area contributed by atoms with Crippen molar-refractivity contribution >= 4 is 5.78 Å². The zero-order chi connectivity index (χ0) is 16.9. The number of hydrogen-bond acceptors (Lipinski definition) is 4. The van der Waals surface area contributed by atoms with Crippen LogP contribution in [0.2, 0.25) is 0 Å². The molecule has 24 heavy (non-hydrogen) atoms. The number of Topliss-reactive ketones (excluding diaryl/α,β-unsaturated/α-hetero) is 1. The molecule has 3 rings (SSSR count). The van der Waals surface area contributed by atoms with Gasteiger partial charge in [-0.1, -0.05) is 62.4 Å². The van der Waals surface area contributed by atoms with Gasteiger partial charge in [0.15, 0.2) is 5.78 Å². The lowest BCUT2D eigenvalue weighted by Crippen LogP contribution is -2.13. The fraction of sp³-hybridized carbons (Fsp3) is 0.263. The van der Waals surface area contributed by atoms with Crippen LogP contribution in [0.3, 0.4) is 0 Å². The van der Waals surface area contributed by atoms with E-state index in [-0.39, 0.29) is 12.3 Å². The number of aryl methyl sites for hydroxylation is 2. The molecule has 1 aromatic heterocycles. The van der Waals surface area contributed by atoms with Gasteiger partial charge in [-0.3, -0.25) is 4.79 Å². The molecule has 0 fully saturated rings. The Kier molecular flexibility index (Phi) is 4.79. The standard InChI is InChI=1S/C19H20N4O/c1-3-14-5-9-16(10-6-14)18(24)13-23-21-19(20-22-23)17-11-7-15(4-2)8-12-17/h5-12H,3-4,13H2,1-2H3. The van der Waals surface area contributed by atoms with Gasteiger partial charge in [-0.2, -0.15) is 4.80 Å². The molecule has 0 aliphatic carbocycles. The number of ketones is 1. The summed E-state index contributed by atoms with van der Waals surface area (Å²) in [5.74, 6) is 0.509. The van der Waals surface area contributed by atoms with E-state index in [1.807, 2.05) is 36.4 Å². The molecule has 5 heteroatoms. The second-order valence-electron chi connectivity index (χ2n) is 5.67. The zero-order valence-electron chi connectivity index (χ0n) is 13.9. The van der Waals surface area contributed by atoms with E-state index in [2.05, 4.69) is 41.4 Å². The number of aromatic nitrogens is 4. The van der Waals surface area contributed by atoms with E-state index in [0.29, 0.717) is 11.4 Å². The molecule has 0 aliphatic heterocycles. The molecule has 0 spiro atoms. The van der Waals surface area contributed by atoms with Gasteiger partial charge in [0.1, 0.15) is 6.54 Å². The number of rotatable bonds is 6. The van der Waals surface area contributed by atoms with Crippen molar-refractivity contribution < 1.29 is 4.79 Å². The monoisotopic (exact) mass is 320 g/mol. The first-order valence-electron chi connectivity index (χ1n) is 8.19. The van der Waals surface area contributed by atoms with Gasteiger partial charge in [0.2, 0.25) is 5.82 Å². The third-order valence-corrected chi connectivity index (χ3v) is 4.04. The van der Waals surface area contributed by atoms with Gasteiger partial charge in [-0.15, -0.1) is 10.2 Å². The second kappa shape index (κ2) is 7.17. The molecule has 0 bridgehead atoms. The van der Waals surface area contributed by atoms with Gasteiger partial charge in [-0.05, 0) is 29.2 Å². The summed E-state index contributed by atoms with van der Waals surface area (Å²) in [6.45, 7) is 4.29. The molecule has 0 saturated heterocycles. The molecule has 0 radical (unpaired) electrons. The maximum absolute atomic E-state index is 12.3. The summed E-state index contributed by atoms with van der Waals surface area (Å²) in [6.07, 6.45) is 1.95. The van der Waals surface area contributed by atoms with E-state index in [0.717, 1.165) is 18.4 Å². The summed E-state index contributed by atoms with van der Waals surface area (Å²) in [5, 5.41) is 12.3. The van der Waals surface area contributed by atoms with Crippen LogP contribution in [-0.2, 0) is 19.4 Å². The lowest BCUT2D eigenvalue weighted by atomic mass is 10.1. The molecule has 0 aliphatic rings. The smallest absolute Gasteiger partial charge is 0.204 e. The molecule has 0 atom stereocenters. The van der Waals surface area contributed by atoms with Crippen molar-refractivity contribution in [2.24, 2.45) is 0 Å². The fourth-order valence-electron chi connectivity index (χ4n) is 2.46. The molecule has 2 aromatic carbocycles. The number of benzene rings is 2. The van der Waals surface area contributed by atoms with E-state index in [4.69, 9.17) is 0 Å². The first-order valence-corrected chi connectivity index (χ1v) is 8.19. The average molecular weight is 320 g/mol. The predicted molar refractivity (Wildman–Crippen MR) is 92.8 cm³/mol. The van der Waals surface area contributed by atoms with Gasteiger partial charge < -0.3 is 0 Å². The Labute approximate surface area is 141 Å². The van der Waals surface area contributed by atoms with Crippen molar-refractivity contribution in [2.75, 3.05) is 0 Å². The van der Waals surface area contributed by atoms with E-state index in [1.165, 1.54) is 15.9 Å². The first-order chi connectivity index (χ1) is 11.7. The van der Waals surface area contributed by atoms with Crippen LogP contribution in [0.15, 0.2) is 48.5 Å². The van der Waals surface area contributed by atoms with Crippen molar-refractivity contribution in [3.05, 3.63) is 65.2 Å². The second-order valence-corrected chi connectivity index (χ2v) is 5.67. The number of tetrazole rings is 1. The number of carbonyl (C=O) groups excluding carboxylic acids is 1. The Balaban J connectivity index is 1.71.